The van der Waals surface area contributed by atoms with Crippen LogP contribution in [0.3, 0.4) is 0 Å². The Morgan fingerprint density at radius 2 is 2.14 bits per heavy atom. The summed E-state index contributed by atoms with van der Waals surface area (Å²) in [5, 5.41) is 9.48. The van der Waals surface area contributed by atoms with Gasteiger partial charge in [-0.2, -0.15) is 0 Å². The number of aliphatic hydroxyl groups excluding tert-OH is 1. The van der Waals surface area contributed by atoms with Gasteiger partial charge in [0.2, 0.25) is 0 Å². The summed E-state index contributed by atoms with van der Waals surface area (Å²) in [5.74, 6) is 0.958. The zero-order valence-corrected chi connectivity index (χ0v) is 8.87. The number of aliphatic hydroxyl groups is 1. The zero-order valence-electron chi connectivity index (χ0n) is 8.87. The SMILES string of the molecule is C[C@@H](O)c1ccc2c(c1)C(C)(C)CO2. The minimum absolute atomic E-state index is 0.0697. The van der Waals surface area contributed by atoms with Crippen LogP contribution in [-0.2, 0) is 5.41 Å². The molecule has 0 radical (unpaired) electrons. The highest BCUT2D eigenvalue weighted by molar-refractivity contribution is 5.45. The van der Waals surface area contributed by atoms with Crippen molar-refractivity contribution in [1.82, 2.24) is 0 Å². The van der Waals surface area contributed by atoms with Gasteiger partial charge in [-0.25, -0.2) is 0 Å². The van der Waals surface area contributed by atoms with Crippen LogP contribution in [0.25, 0.3) is 0 Å². The first-order chi connectivity index (χ1) is 6.50. The van der Waals surface area contributed by atoms with Gasteiger partial charge in [0, 0.05) is 11.0 Å². The molecule has 1 N–H and O–H groups in total. The van der Waals surface area contributed by atoms with Crippen molar-refractivity contribution in [2.45, 2.75) is 32.3 Å². The van der Waals surface area contributed by atoms with Crippen LogP contribution in [-0.4, -0.2) is 11.7 Å². The van der Waals surface area contributed by atoms with E-state index >= 15 is 0 Å². The Bertz CT molecular complexity index is 353. The van der Waals surface area contributed by atoms with Gasteiger partial charge in [-0.05, 0) is 24.6 Å². The standard InChI is InChI=1S/C12H16O2/c1-8(13)9-4-5-11-10(6-9)12(2,3)7-14-11/h4-6,8,13H,7H2,1-3H3/t8-/m1/s1. The third kappa shape index (κ3) is 1.40. The molecule has 0 unspecified atom stereocenters. The maximum atomic E-state index is 9.48. The van der Waals surface area contributed by atoms with E-state index in [2.05, 4.69) is 13.8 Å². The van der Waals surface area contributed by atoms with Crippen LogP contribution in [0.1, 0.15) is 38.0 Å². The molecular formula is C12H16O2. The summed E-state index contributed by atoms with van der Waals surface area (Å²) >= 11 is 0. The number of rotatable bonds is 1. The molecular weight excluding hydrogens is 176 g/mol. The molecule has 0 bridgehead atoms. The van der Waals surface area contributed by atoms with E-state index in [1.54, 1.807) is 6.92 Å². The van der Waals surface area contributed by atoms with Crippen LogP contribution < -0.4 is 4.74 Å². The topological polar surface area (TPSA) is 29.5 Å². The monoisotopic (exact) mass is 192 g/mol. The lowest BCUT2D eigenvalue weighted by molar-refractivity contribution is 0.199. The van der Waals surface area contributed by atoms with Gasteiger partial charge in [-0.15, -0.1) is 0 Å². The van der Waals surface area contributed by atoms with Crippen LogP contribution in [0.4, 0.5) is 0 Å². The summed E-state index contributed by atoms with van der Waals surface area (Å²) in [5.41, 5.74) is 2.23. The highest BCUT2D eigenvalue weighted by Crippen LogP contribution is 2.39. The van der Waals surface area contributed by atoms with E-state index in [1.807, 2.05) is 18.2 Å². The second-order valence-corrected chi connectivity index (χ2v) is 4.60. The molecule has 0 saturated carbocycles. The summed E-state index contributed by atoms with van der Waals surface area (Å²) in [6.45, 7) is 6.82. The smallest absolute Gasteiger partial charge is 0.123 e. The minimum atomic E-state index is -0.406. The molecule has 0 aliphatic carbocycles. The van der Waals surface area contributed by atoms with Gasteiger partial charge in [0.1, 0.15) is 5.75 Å². The molecule has 1 aromatic rings. The lowest BCUT2D eigenvalue weighted by Gasteiger charge is -2.16. The average Bonchev–Trinajstić information content (AvgIpc) is 2.42. The van der Waals surface area contributed by atoms with Crippen molar-refractivity contribution < 1.29 is 9.84 Å². The predicted molar refractivity (Wildman–Crippen MR) is 55.6 cm³/mol. The molecule has 0 aromatic heterocycles. The summed E-state index contributed by atoms with van der Waals surface area (Å²) in [6.07, 6.45) is -0.406. The Balaban J connectivity index is 2.48. The zero-order chi connectivity index (χ0) is 10.3. The van der Waals surface area contributed by atoms with Crippen LogP contribution in [0.2, 0.25) is 0 Å². The summed E-state index contributed by atoms with van der Waals surface area (Å²) in [6, 6.07) is 5.92. The molecule has 2 rings (SSSR count). The van der Waals surface area contributed by atoms with Crippen LogP contribution in [0.5, 0.6) is 5.75 Å². The Morgan fingerprint density at radius 3 is 2.79 bits per heavy atom. The average molecular weight is 192 g/mol. The third-order valence-electron chi connectivity index (χ3n) is 2.80. The fourth-order valence-corrected chi connectivity index (χ4v) is 1.80. The van der Waals surface area contributed by atoms with Gasteiger partial charge in [0.05, 0.1) is 12.7 Å². The summed E-state index contributed by atoms with van der Waals surface area (Å²) in [7, 11) is 0. The fraction of sp³-hybridized carbons (Fsp3) is 0.500. The van der Waals surface area contributed by atoms with Gasteiger partial charge in [0.25, 0.3) is 0 Å². The second kappa shape index (κ2) is 2.99. The molecule has 0 spiro atoms. The van der Waals surface area contributed by atoms with E-state index < -0.39 is 6.10 Å². The quantitative estimate of drug-likeness (QED) is 0.740. The van der Waals surface area contributed by atoms with E-state index in [-0.39, 0.29) is 5.41 Å². The van der Waals surface area contributed by atoms with Crippen molar-refractivity contribution in [1.29, 1.82) is 0 Å². The lowest BCUT2D eigenvalue weighted by Crippen LogP contribution is -2.18. The van der Waals surface area contributed by atoms with Crippen molar-refractivity contribution in [3.8, 4) is 5.75 Å². The molecule has 1 aromatic carbocycles. The van der Waals surface area contributed by atoms with E-state index in [9.17, 15) is 5.11 Å². The van der Waals surface area contributed by atoms with E-state index in [0.717, 1.165) is 17.9 Å². The number of hydrogen-bond donors (Lipinski definition) is 1. The first-order valence-electron chi connectivity index (χ1n) is 4.96. The van der Waals surface area contributed by atoms with Gasteiger partial charge in [0.15, 0.2) is 0 Å². The second-order valence-electron chi connectivity index (χ2n) is 4.60. The fourth-order valence-electron chi connectivity index (χ4n) is 1.80. The Labute approximate surface area is 84.5 Å². The largest absolute Gasteiger partial charge is 0.492 e. The van der Waals surface area contributed by atoms with E-state index in [0.29, 0.717) is 0 Å². The molecule has 0 fully saturated rings. The van der Waals surface area contributed by atoms with Crippen molar-refractivity contribution in [3.05, 3.63) is 29.3 Å². The number of hydrogen-bond acceptors (Lipinski definition) is 2. The Morgan fingerprint density at radius 1 is 1.43 bits per heavy atom. The minimum Gasteiger partial charge on any atom is -0.492 e. The van der Waals surface area contributed by atoms with Crippen molar-refractivity contribution in [2.24, 2.45) is 0 Å². The molecule has 1 heterocycles. The summed E-state index contributed by atoms with van der Waals surface area (Å²) < 4.78 is 5.57. The maximum absolute atomic E-state index is 9.48. The normalized spacial score (nSPS) is 20.0. The van der Waals surface area contributed by atoms with E-state index in [1.165, 1.54) is 5.56 Å². The molecule has 2 nitrogen and oxygen atoms in total. The number of ether oxygens (including phenoxy) is 1. The van der Waals surface area contributed by atoms with E-state index in [4.69, 9.17) is 4.74 Å². The predicted octanol–water partition coefficient (Wildman–Crippen LogP) is 2.41. The van der Waals surface area contributed by atoms with Crippen LogP contribution in [0, 0.1) is 0 Å². The van der Waals surface area contributed by atoms with Crippen LogP contribution >= 0.6 is 0 Å². The number of fused-ring (bicyclic) bond motifs is 1. The highest BCUT2D eigenvalue weighted by Gasteiger charge is 2.31. The lowest BCUT2D eigenvalue weighted by atomic mass is 9.86. The molecule has 76 valence electrons. The third-order valence-corrected chi connectivity index (χ3v) is 2.80. The molecule has 2 heteroatoms. The molecule has 14 heavy (non-hydrogen) atoms. The summed E-state index contributed by atoms with van der Waals surface area (Å²) in [4.78, 5) is 0. The van der Waals surface area contributed by atoms with Crippen LogP contribution in [0.15, 0.2) is 18.2 Å². The Kier molecular flexibility index (Phi) is 2.04. The van der Waals surface area contributed by atoms with Crippen molar-refractivity contribution in [2.75, 3.05) is 6.61 Å². The Hall–Kier alpha value is -1.02. The highest BCUT2D eigenvalue weighted by atomic mass is 16.5. The number of benzene rings is 1. The van der Waals surface area contributed by atoms with Gasteiger partial charge in [-0.1, -0.05) is 19.9 Å². The van der Waals surface area contributed by atoms with Gasteiger partial charge < -0.3 is 9.84 Å². The first kappa shape index (κ1) is 9.53. The molecule has 1 aliphatic heterocycles. The molecule has 1 atom stereocenters. The molecule has 1 aliphatic rings. The van der Waals surface area contributed by atoms with Gasteiger partial charge in [-0.3, -0.25) is 0 Å². The maximum Gasteiger partial charge on any atom is 0.123 e. The van der Waals surface area contributed by atoms with Gasteiger partial charge >= 0.3 is 0 Å². The van der Waals surface area contributed by atoms with Crippen molar-refractivity contribution >= 4 is 0 Å². The molecule has 0 amide bonds. The molecule has 0 saturated heterocycles. The van der Waals surface area contributed by atoms with Crippen molar-refractivity contribution in [3.63, 3.8) is 0 Å². The first-order valence-corrected chi connectivity index (χ1v) is 4.96.